The van der Waals surface area contributed by atoms with E-state index in [4.69, 9.17) is 5.26 Å². The summed E-state index contributed by atoms with van der Waals surface area (Å²) in [5.41, 5.74) is 0. The van der Waals surface area contributed by atoms with Crippen molar-refractivity contribution in [3.8, 4) is 6.07 Å². The van der Waals surface area contributed by atoms with Gasteiger partial charge >= 0.3 is 0 Å². The summed E-state index contributed by atoms with van der Waals surface area (Å²) in [7, 11) is 0. The van der Waals surface area contributed by atoms with Crippen molar-refractivity contribution < 1.29 is 0 Å². The molecule has 2 fully saturated rings. The molecule has 0 aromatic carbocycles. The molecule has 3 heteroatoms. The predicted molar refractivity (Wildman–Crippen MR) is 65.1 cm³/mol. The Labute approximate surface area is 99.0 Å². The van der Waals surface area contributed by atoms with Gasteiger partial charge in [-0.25, -0.2) is 0 Å². The van der Waals surface area contributed by atoms with Crippen molar-refractivity contribution in [2.45, 2.75) is 32.1 Å². The first-order chi connectivity index (χ1) is 7.88. The predicted octanol–water partition coefficient (Wildman–Crippen LogP) is 1.71. The average molecular weight is 221 g/mol. The Morgan fingerprint density at radius 2 is 1.50 bits per heavy atom. The zero-order chi connectivity index (χ0) is 11.2. The van der Waals surface area contributed by atoms with Crippen LogP contribution in [0.3, 0.4) is 0 Å². The van der Waals surface area contributed by atoms with Gasteiger partial charge in [0.25, 0.3) is 0 Å². The summed E-state index contributed by atoms with van der Waals surface area (Å²) in [4.78, 5) is 5.12. The van der Waals surface area contributed by atoms with Gasteiger partial charge < -0.3 is 9.80 Å². The molecule has 2 saturated heterocycles. The van der Waals surface area contributed by atoms with E-state index in [1.54, 1.807) is 0 Å². The second kappa shape index (κ2) is 6.22. The van der Waals surface area contributed by atoms with Gasteiger partial charge in [-0.3, -0.25) is 0 Å². The number of likely N-dealkylation sites (tertiary alicyclic amines) is 2. The molecule has 0 spiro atoms. The molecule has 2 aliphatic rings. The van der Waals surface area contributed by atoms with E-state index >= 15 is 0 Å². The van der Waals surface area contributed by atoms with Crippen molar-refractivity contribution in [2.75, 3.05) is 39.3 Å². The highest BCUT2D eigenvalue weighted by molar-refractivity contribution is 4.87. The standard InChI is InChI=1S/C13H23N3/c14-12-13-4-10-16(11-5-13)9-3-8-15-6-1-2-7-15/h13H,1-11H2. The fourth-order valence-corrected chi connectivity index (χ4v) is 2.81. The lowest BCUT2D eigenvalue weighted by molar-refractivity contribution is 0.193. The summed E-state index contributed by atoms with van der Waals surface area (Å²) >= 11 is 0. The van der Waals surface area contributed by atoms with Crippen molar-refractivity contribution >= 4 is 0 Å². The minimum atomic E-state index is 0.329. The first-order valence-electron chi connectivity index (χ1n) is 6.73. The average Bonchev–Trinajstić information content (AvgIpc) is 2.83. The summed E-state index contributed by atoms with van der Waals surface area (Å²) in [6.07, 6.45) is 6.26. The summed E-state index contributed by atoms with van der Waals surface area (Å²) in [5, 5.41) is 8.82. The lowest BCUT2D eigenvalue weighted by atomic mass is 9.98. The minimum Gasteiger partial charge on any atom is -0.303 e. The van der Waals surface area contributed by atoms with E-state index in [9.17, 15) is 0 Å². The molecule has 0 aromatic rings. The fraction of sp³-hybridized carbons (Fsp3) is 0.923. The van der Waals surface area contributed by atoms with Crippen LogP contribution in [-0.2, 0) is 0 Å². The van der Waals surface area contributed by atoms with Gasteiger partial charge in [0.05, 0.1) is 6.07 Å². The monoisotopic (exact) mass is 221 g/mol. The van der Waals surface area contributed by atoms with Gasteiger partial charge in [-0.1, -0.05) is 0 Å². The fourth-order valence-electron chi connectivity index (χ4n) is 2.81. The summed E-state index contributed by atoms with van der Waals surface area (Å²) < 4.78 is 0. The molecule has 2 aliphatic heterocycles. The molecule has 2 rings (SSSR count). The Balaban J connectivity index is 1.55. The van der Waals surface area contributed by atoms with E-state index in [-0.39, 0.29) is 0 Å². The van der Waals surface area contributed by atoms with E-state index in [2.05, 4.69) is 15.9 Å². The molecule has 0 atom stereocenters. The Kier molecular flexibility index (Phi) is 4.62. The smallest absolute Gasteiger partial charge is 0.0656 e. The third-order valence-electron chi connectivity index (χ3n) is 3.92. The van der Waals surface area contributed by atoms with Crippen LogP contribution in [0.5, 0.6) is 0 Å². The maximum Gasteiger partial charge on any atom is 0.0656 e. The summed E-state index contributed by atoms with van der Waals surface area (Å²) in [6.45, 7) is 7.41. The normalized spacial score (nSPS) is 24.7. The van der Waals surface area contributed by atoms with Gasteiger partial charge in [0, 0.05) is 5.92 Å². The molecule has 3 nitrogen and oxygen atoms in total. The van der Waals surface area contributed by atoms with Gasteiger partial charge in [-0.15, -0.1) is 0 Å². The molecule has 0 aliphatic carbocycles. The SMILES string of the molecule is N#CC1CCN(CCCN2CCCC2)CC1. The van der Waals surface area contributed by atoms with E-state index in [1.807, 2.05) is 0 Å². The van der Waals surface area contributed by atoms with Crippen molar-refractivity contribution in [2.24, 2.45) is 5.92 Å². The van der Waals surface area contributed by atoms with Crippen LogP contribution in [0, 0.1) is 17.2 Å². The molecular formula is C13H23N3. The molecule has 2 heterocycles. The van der Waals surface area contributed by atoms with Crippen LogP contribution in [0.25, 0.3) is 0 Å². The largest absolute Gasteiger partial charge is 0.303 e. The molecule has 0 N–H and O–H groups in total. The molecular weight excluding hydrogens is 198 g/mol. The number of nitriles is 1. The highest BCUT2D eigenvalue weighted by Gasteiger charge is 2.18. The van der Waals surface area contributed by atoms with Crippen LogP contribution in [0.2, 0.25) is 0 Å². The summed E-state index contributed by atoms with van der Waals surface area (Å²) in [6, 6.07) is 2.39. The van der Waals surface area contributed by atoms with E-state index in [0.29, 0.717) is 5.92 Å². The topological polar surface area (TPSA) is 30.3 Å². The van der Waals surface area contributed by atoms with Crippen LogP contribution in [0.15, 0.2) is 0 Å². The van der Waals surface area contributed by atoms with Gasteiger partial charge in [0.1, 0.15) is 0 Å². The Hall–Kier alpha value is -0.590. The van der Waals surface area contributed by atoms with Gasteiger partial charge in [-0.2, -0.15) is 5.26 Å². The number of hydrogen-bond acceptors (Lipinski definition) is 3. The maximum atomic E-state index is 8.82. The maximum absolute atomic E-state index is 8.82. The number of hydrogen-bond donors (Lipinski definition) is 0. The molecule has 90 valence electrons. The van der Waals surface area contributed by atoms with Crippen molar-refractivity contribution in [3.63, 3.8) is 0 Å². The first kappa shape index (κ1) is 11.9. The lowest BCUT2D eigenvalue weighted by Gasteiger charge is -2.29. The Morgan fingerprint density at radius 1 is 0.938 bits per heavy atom. The summed E-state index contributed by atoms with van der Waals surface area (Å²) in [5.74, 6) is 0.329. The highest BCUT2D eigenvalue weighted by Crippen LogP contribution is 2.16. The quantitative estimate of drug-likeness (QED) is 0.724. The van der Waals surface area contributed by atoms with Crippen LogP contribution < -0.4 is 0 Å². The molecule has 0 radical (unpaired) electrons. The van der Waals surface area contributed by atoms with Crippen molar-refractivity contribution in [3.05, 3.63) is 0 Å². The van der Waals surface area contributed by atoms with Crippen LogP contribution >= 0.6 is 0 Å². The van der Waals surface area contributed by atoms with Crippen LogP contribution in [-0.4, -0.2) is 49.1 Å². The number of nitrogens with zero attached hydrogens (tertiary/aromatic N) is 3. The Bertz CT molecular complexity index is 232. The highest BCUT2D eigenvalue weighted by atomic mass is 15.2. The third-order valence-corrected chi connectivity index (χ3v) is 3.92. The molecule has 0 saturated carbocycles. The molecule has 0 bridgehead atoms. The number of piperidine rings is 1. The molecule has 16 heavy (non-hydrogen) atoms. The molecule has 0 aromatic heterocycles. The van der Waals surface area contributed by atoms with E-state index in [1.165, 1.54) is 45.4 Å². The van der Waals surface area contributed by atoms with E-state index in [0.717, 1.165) is 25.9 Å². The zero-order valence-corrected chi connectivity index (χ0v) is 10.2. The Morgan fingerprint density at radius 3 is 2.06 bits per heavy atom. The minimum absolute atomic E-state index is 0.329. The van der Waals surface area contributed by atoms with Crippen molar-refractivity contribution in [1.82, 2.24) is 9.80 Å². The van der Waals surface area contributed by atoms with Crippen LogP contribution in [0.4, 0.5) is 0 Å². The zero-order valence-electron chi connectivity index (χ0n) is 10.2. The van der Waals surface area contributed by atoms with Crippen molar-refractivity contribution in [1.29, 1.82) is 5.26 Å². The van der Waals surface area contributed by atoms with Gasteiger partial charge in [0.2, 0.25) is 0 Å². The lowest BCUT2D eigenvalue weighted by Crippen LogP contribution is -2.35. The first-order valence-corrected chi connectivity index (χ1v) is 6.73. The molecule has 0 unspecified atom stereocenters. The van der Waals surface area contributed by atoms with E-state index < -0.39 is 0 Å². The third kappa shape index (κ3) is 3.47. The molecule has 0 amide bonds. The van der Waals surface area contributed by atoms with Gasteiger partial charge in [-0.05, 0) is 71.4 Å². The second-order valence-corrected chi connectivity index (χ2v) is 5.15. The van der Waals surface area contributed by atoms with Crippen LogP contribution in [0.1, 0.15) is 32.1 Å². The van der Waals surface area contributed by atoms with Gasteiger partial charge in [0.15, 0.2) is 0 Å². The second-order valence-electron chi connectivity index (χ2n) is 5.15. The number of rotatable bonds is 4.